The average molecular weight is 412 g/mol. The van der Waals surface area contributed by atoms with Crippen LogP contribution in [0.3, 0.4) is 0 Å². The molecular weight excluding hydrogens is 390 g/mol. The number of nitrogens with one attached hydrogen (secondary N) is 1. The second kappa shape index (κ2) is 10.5. The molecule has 150 valence electrons. The molecular formula is C22H22ClN3O3. The third kappa shape index (κ3) is 5.94. The topological polar surface area (TPSA) is 63.7 Å². The van der Waals surface area contributed by atoms with Crippen molar-refractivity contribution >= 4 is 23.3 Å². The molecule has 0 bridgehead atoms. The van der Waals surface area contributed by atoms with Gasteiger partial charge in [-0.2, -0.15) is 0 Å². The van der Waals surface area contributed by atoms with E-state index in [0.29, 0.717) is 41.9 Å². The Bertz CT molecular complexity index is 937. The van der Waals surface area contributed by atoms with E-state index in [9.17, 15) is 4.79 Å². The number of aromatic nitrogens is 1. The SMILES string of the molecule is COCCN(Cc1cccnc1)C(=O)Nc1ccccc1Oc1ccccc1Cl. The molecule has 2 aromatic carbocycles. The van der Waals surface area contributed by atoms with Gasteiger partial charge in [0.1, 0.15) is 5.75 Å². The first-order valence-corrected chi connectivity index (χ1v) is 9.50. The van der Waals surface area contributed by atoms with Crippen LogP contribution in [0.4, 0.5) is 10.5 Å². The lowest BCUT2D eigenvalue weighted by atomic mass is 10.2. The fourth-order valence-electron chi connectivity index (χ4n) is 2.67. The van der Waals surface area contributed by atoms with Crippen molar-refractivity contribution in [2.24, 2.45) is 0 Å². The number of hydrogen-bond donors (Lipinski definition) is 1. The molecule has 0 saturated carbocycles. The summed E-state index contributed by atoms with van der Waals surface area (Å²) in [6.07, 6.45) is 3.44. The normalized spacial score (nSPS) is 10.4. The zero-order chi connectivity index (χ0) is 20.5. The third-order valence-corrected chi connectivity index (χ3v) is 4.45. The van der Waals surface area contributed by atoms with E-state index in [1.54, 1.807) is 48.7 Å². The number of anilines is 1. The number of amides is 2. The summed E-state index contributed by atoms with van der Waals surface area (Å²) in [7, 11) is 1.60. The van der Waals surface area contributed by atoms with Crippen molar-refractivity contribution in [1.29, 1.82) is 0 Å². The molecule has 0 radical (unpaired) electrons. The first-order chi connectivity index (χ1) is 14.2. The molecule has 2 amide bonds. The number of carbonyl (C=O) groups excluding carboxylic acids is 1. The zero-order valence-electron chi connectivity index (χ0n) is 16.0. The summed E-state index contributed by atoms with van der Waals surface area (Å²) >= 11 is 6.19. The molecule has 3 rings (SSSR count). The maximum Gasteiger partial charge on any atom is 0.322 e. The Morgan fingerprint density at radius 3 is 2.55 bits per heavy atom. The molecule has 0 fully saturated rings. The summed E-state index contributed by atoms with van der Waals surface area (Å²) in [6, 6.07) is 17.9. The predicted octanol–water partition coefficient (Wildman–Crippen LogP) is 5.21. The summed E-state index contributed by atoms with van der Waals surface area (Å²) < 4.78 is 11.1. The Hall–Kier alpha value is -3.09. The average Bonchev–Trinajstić information content (AvgIpc) is 2.74. The summed E-state index contributed by atoms with van der Waals surface area (Å²) in [5.41, 5.74) is 1.48. The molecule has 0 spiro atoms. The van der Waals surface area contributed by atoms with Crippen molar-refractivity contribution in [3.05, 3.63) is 83.6 Å². The largest absolute Gasteiger partial charge is 0.454 e. The number of pyridine rings is 1. The van der Waals surface area contributed by atoms with E-state index in [1.807, 2.05) is 36.4 Å². The van der Waals surface area contributed by atoms with Gasteiger partial charge < -0.3 is 19.7 Å². The highest BCUT2D eigenvalue weighted by Gasteiger charge is 2.16. The van der Waals surface area contributed by atoms with E-state index in [4.69, 9.17) is 21.1 Å². The Labute approximate surface area is 175 Å². The molecule has 0 aliphatic rings. The summed E-state index contributed by atoms with van der Waals surface area (Å²) in [4.78, 5) is 18.7. The summed E-state index contributed by atoms with van der Waals surface area (Å²) in [6.45, 7) is 1.27. The minimum Gasteiger partial charge on any atom is -0.454 e. The number of halogens is 1. The van der Waals surface area contributed by atoms with Gasteiger partial charge in [-0.1, -0.05) is 41.9 Å². The highest BCUT2D eigenvalue weighted by Crippen LogP contribution is 2.33. The van der Waals surface area contributed by atoms with E-state index in [2.05, 4.69) is 10.3 Å². The number of ether oxygens (including phenoxy) is 2. The van der Waals surface area contributed by atoms with E-state index >= 15 is 0 Å². The van der Waals surface area contributed by atoms with Crippen molar-refractivity contribution in [3.63, 3.8) is 0 Å². The summed E-state index contributed by atoms with van der Waals surface area (Å²) in [5, 5.41) is 3.41. The predicted molar refractivity (Wildman–Crippen MR) is 114 cm³/mol. The standard InChI is InChI=1S/C22H22ClN3O3/c1-28-14-13-26(16-17-7-6-12-24-15-17)22(27)25-19-9-3-5-11-21(19)29-20-10-4-2-8-18(20)23/h2-12,15H,13-14,16H2,1H3,(H,25,27). The van der Waals surface area contributed by atoms with Gasteiger partial charge in [-0.15, -0.1) is 0 Å². The molecule has 6 nitrogen and oxygen atoms in total. The van der Waals surface area contributed by atoms with Crippen molar-refractivity contribution in [2.75, 3.05) is 25.6 Å². The van der Waals surface area contributed by atoms with Gasteiger partial charge in [-0.05, 0) is 35.9 Å². The van der Waals surface area contributed by atoms with E-state index in [0.717, 1.165) is 5.56 Å². The number of rotatable bonds is 8. The fourth-order valence-corrected chi connectivity index (χ4v) is 2.84. The number of carbonyl (C=O) groups is 1. The molecule has 0 atom stereocenters. The monoisotopic (exact) mass is 411 g/mol. The van der Waals surface area contributed by atoms with Gasteiger partial charge >= 0.3 is 6.03 Å². The Morgan fingerprint density at radius 2 is 1.83 bits per heavy atom. The van der Waals surface area contributed by atoms with E-state index < -0.39 is 0 Å². The number of nitrogens with zero attached hydrogens (tertiary/aromatic N) is 2. The van der Waals surface area contributed by atoms with Gasteiger partial charge in [0.05, 0.1) is 17.3 Å². The lowest BCUT2D eigenvalue weighted by Crippen LogP contribution is -2.37. The van der Waals surface area contributed by atoms with Crippen LogP contribution < -0.4 is 10.1 Å². The molecule has 1 heterocycles. The van der Waals surface area contributed by atoms with Crippen molar-refractivity contribution < 1.29 is 14.3 Å². The van der Waals surface area contributed by atoms with Crippen LogP contribution in [0, 0.1) is 0 Å². The maximum atomic E-state index is 13.0. The number of para-hydroxylation sites is 3. The maximum absolute atomic E-state index is 13.0. The van der Waals surface area contributed by atoms with Crippen LogP contribution in [0.15, 0.2) is 73.1 Å². The van der Waals surface area contributed by atoms with E-state index in [-0.39, 0.29) is 6.03 Å². The quantitative estimate of drug-likeness (QED) is 0.552. The number of benzene rings is 2. The highest BCUT2D eigenvalue weighted by atomic mass is 35.5. The first-order valence-electron chi connectivity index (χ1n) is 9.12. The lowest BCUT2D eigenvalue weighted by Gasteiger charge is -2.23. The number of methoxy groups -OCH3 is 1. The highest BCUT2D eigenvalue weighted by molar-refractivity contribution is 6.32. The van der Waals surface area contributed by atoms with Crippen LogP contribution in [-0.2, 0) is 11.3 Å². The van der Waals surface area contributed by atoms with E-state index in [1.165, 1.54) is 0 Å². The zero-order valence-corrected chi connectivity index (χ0v) is 16.8. The Morgan fingerprint density at radius 1 is 1.07 bits per heavy atom. The van der Waals surface area contributed by atoms with Crippen LogP contribution in [0.2, 0.25) is 5.02 Å². The fraction of sp³-hybridized carbons (Fsp3) is 0.182. The van der Waals surface area contributed by atoms with Gasteiger partial charge in [-0.25, -0.2) is 4.79 Å². The number of urea groups is 1. The van der Waals surface area contributed by atoms with Gasteiger partial charge in [-0.3, -0.25) is 4.98 Å². The molecule has 1 N–H and O–H groups in total. The smallest absolute Gasteiger partial charge is 0.322 e. The molecule has 7 heteroatoms. The second-order valence-corrected chi connectivity index (χ2v) is 6.64. The summed E-state index contributed by atoms with van der Waals surface area (Å²) in [5.74, 6) is 1.02. The van der Waals surface area contributed by atoms with Gasteiger partial charge in [0.15, 0.2) is 5.75 Å². The van der Waals surface area contributed by atoms with Crippen LogP contribution in [-0.4, -0.2) is 36.2 Å². The molecule has 0 saturated heterocycles. The van der Waals surface area contributed by atoms with Crippen molar-refractivity contribution in [3.8, 4) is 11.5 Å². The molecule has 3 aromatic rings. The Balaban J connectivity index is 1.76. The Kier molecular flexibility index (Phi) is 7.44. The van der Waals surface area contributed by atoms with Crippen molar-refractivity contribution in [1.82, 2.24) is 9.88 Å². The van der Waals surface area contributed by atoms with Crippen molar-refractivity contribution in [2.45, 2.75) is 6.54 Å². The van der Waals surface area contributed by atoms with Gasteiger partial charge in [0, 0.05) is 32.6 Å². The van der Waals surface area contributed by atoms with Crippen LogP contribution in [0.1, 0.15) is 5.56 Å². The van der Waals surface area contributed by atoms with Gasteiger partial charge in [0.25, 0.3) is 0 Å². The molecule has 0 aliphatic carbocycles. The van der Waals surface area contributed by atoms with Crippen LogP contribution in [0.25, 0.3) is 0 Å². The van der Waals surface area contributed by atoms with Crippen LogP contribution >= 0.6 is 11.6 Å². The minimum absolute atomic E-state index is 0.263. The second-order valence-electron chi connectivity index (χ2n) is 6.23. The third-order valence-electron chi connectivity index (χ3n) is 4.13. The molecule has 0 unspecified atom stereocenters. The molecule has 1 aromatic heterocycles. The lowest BCUT2D eigenvalue weighted by molar-refractivity contribution is 0.152. The number of hydrogen-bond acceptors (Lipinski definition) is 4. The molecule has 29 heavy (non-hydrogen) atoms. The van der Waals surface area contributed by atoms with Gasteiger partial charge in [0.2, 0.25) is 0 Å². The van der Waals surface area contributed by atoms with Crippen LogP contribution in [0.5, 0.6) is 11.5 Å². The molecule has 0 aliphatic heterocycles. The minimum atomic E-state index is -0.263. The first kappa shape index (κ1) is 20.6.